The summed E-state index contributed by atoms with van der Waals surface area (Å²) in [6.07, 6.45) is 0. The average Bonchev–Trinajstić information content (AvgIpc) is 2.89. The number of benzene rings is 4. The molecule has 0 N–H and O–H groups in total. The van der Waals surface area contributed by atoms with Crippen LogP contribution < -0.4 is 0 Å². The van der Waals surface area contributed by atoms with Crippen molar-refractivity contribution in [2.45, 2.75) is 19.6 Å². The zero-order chi connectivity index (χ0) is 26.1. The fourth-order valence-corrected chi connectivity index (χ4v) is 5.94. The largest absolute Gasteiger partial charge is 0.269 e. The molecule has 0 unspecified atom stereocenters. The van der Waals surface area contributed by atoms with Crippen LogP contribution in [0.25, 0.3) is 11.1 Å². The smallest absolute Gasteiger partial charge is 0.258 e. The van der Waals surface area contributed by atoms with Gasteiger partial charge in [-0.1, -0.05) is 24.3 Å². The Balaban J connectivity index is 1.57. The first-order valence-electron chi connectivity index (χ1n) is 10.2. The first-order valence-corrected chi connectivity index (χ1v) is 13.2. The molecule has 0 radical (unpaired) electrons. The van der Waals surface area contributed by atoms with Crippen LogP contribution in [0.3, 0.4) is 0 Å². The molecule has 36 heavy (non-hydrogen) atoms. The van der Waals surface area contributed by atoms with Crippen molar-refractivity contribution < 1.29 is 26.7 Å². The summed E-state index contributed by atoms with van der Waals surface area (Å²) < 4.78 is 51.3. The van der Waals surface area contributed by atoms with Crippen LogP contribution in [-0.4, -0.2) is 26.7 Å². The van der Waals surface area contributed by atoms with Crippen molar-refractivity contribution >= 4 is 31.0 Å². The summed E-state index contributed by atoms with van der Waals surface area (Å²) in [5, 5.41) is 21.6. The van der Waals surface area contributed by atoms with Gasteiger partial charge in [-0.3, -0.25) is 20.2 Å². The Morgan fingerprint density at radius 2 is 0.639 bits per heavy atom. The van der Waals surface area contributed by atoms with Gasteiger partial charge >= 0.3 is 0 Å². The number of non-ortho nitro benzene ring substituents is 2. The lowest BCUT2D eigenvalue weighted by Gasteiger charge is -2.08. The van der Waals surface area contributed by atoms with Crippen molar-refractivity contribution in [1.82, 2.24) is 0 Å². The first-order chi connectivity index (χ1) is 17.0. The van der Waals surface area contributed by atoms with Gasteiger partial charge in [0.1, 0.15) is 0 Å². The number of hydrogen-bond donors (Lipinski definition) is 0. The van der Waals surface area contributed by atoms with Gasteiger partial charge in [0.15, 0.2) is 0 Å². The molecule has 0 spiro atoms. The maximum Gasteiger partial charge on any atom is 0.269 e. The van der Waals surface area contributed by atoms with E-state index in [9.17, 15) is 37.1 Å². The zero-order valence-electron chi connectivity index (χ0n) is 18.2. The molecule has 4 aromatic rings. The maximum absolute atomic E-state index is 12.8. The molecule has 12 heteroatoms. The standard InChI is InChI=1S/C24H16N2O8S2/c27-25(28)19-5-13-23(14-6-19)35(31,32)21-9-1-17(2-10-21)18-3-11-22(12-4-18)36(33,34)24-15-7-20(8-16-24)26(29)30/h1-16H. The van der Waals surface area contributed by atoms with Gasteiger partial charge < -0.3 is 0 Å². The maximum atomic E-state index is 12.8. The van der Waals surface area contributed by atoms with Crippen LogP contribution in [0.5, 0.6) is 0 Å². The van der Waals surface area contributed by atoms with E-state index in [-0.39, 0.29) is 31.0 Å². The van der Waals surface area contributed by atoms with Crippen LogP contribution >= 0.6 is 0 Å². The van der Waals surface area contributed by atoms with Crippen LogP contribution in [0.1, 0.15) is 0 Å². The van der Waals surface area contributed by atoms with E-state index in [4.69, 9.17) is 0 Å². The summed E-state index contributed by atoms with van der Waals surface area (Å²) >= 11 is 0. The summed E-state index contributed by atoms with van der Waals surface area (Å²) in [4.78, 5) is 20.2. The molecule has 0 atom stereocenters. The van der Waals surface area contributed by atoms with E-state index in [2.05, 4.69) is 0 Å². The molecule has 0 saturated heterocycles. The van der Waals surface area contributed by atoms with Crippen LogP contribution in [0, 0.1) is 20.2 Å². The molecule has 4 aromatic carbocycles. The average molecular weight is 525 g/mol. The second kappa shape index (κ2) is 9.32. The lowest BCUT2D eigenvalue weighted by molar-refractivity contribution is -0.385. The first kappa shape index (κ1) is 24.7. The molecule has 0 amide bonds. The SMILES string of the molecule is O=[N+]([O-])c1ccc(S(=O)(=O)c2ccc(-c3ccc(S(=O)(=O)c4ccc([N+](=O)[O-])cc4)cc3)cc2)cc1. The van der Waals surface area contributed by atoms with Crippen LogP contribution in [0.4, 0.5) is 11.4 Å². The third-order valence-corrected chi connectivity index (χ3v) is 8.95. The highest BCUT2D eigenvalue weighted by Gasteiger charge is 2.20. The third-order valence-electron chi connectivity index (χ3n) is 5.38. The molecular formula is C24H16N2O8S2. The number of nitro groups is 2. The molecule has 0 saturated carbocycles. The Labute approximate surface area is 205 Å². The molecule has 0 aliphatic heterocycles. The topological polar surface area (TPSA) is 155 Å². The predicted molar refractivity (Wildman–Crippen MR) is 129 cm³/mol. The number of sulfone groups is 2. The number of nitro benzene ring substituents is 2. The second-order valence-corrected chi connectivity index (χ2v) is 11.5. The Kier molecular flexibility index (Phi) is 6.39. The van der Waals surface area contributed by atoms with Gasteiger partial charge in [-0.2, -0.15) is 0 Å². The Bertz CT molecular complexity index is 1530. The molecular weight excluding hydrogens is 508 g/mol. The highest BCUT2D eigenvalue weighted by atomic mass is 32.2. The minimum absolute atomic E-state index is 0.00234. The Morgan fingerprint density at radius 1 is 0.417 bits per heavy atom. The summed E-state index contributed by atoms with van der Waals surface area (Å²) in [7, 11) is -7.78. The van der Waals surface area contributed by atoms with Crippen molar-refractivity contribution in [2.75, 3.05) is 0 Å². The Morgan fingerprint density at radius 3 is 0.861 bits per heavy atom. The van der Waals surface area contributed by atoms with Crippen molar-refractivity contribution in [3.05, 3.63) is 117 Å². The van der Waals surface area contributed by atoms with Gasteiger partial charge in [-0.05, 0) is 59.7 Å². The quantitative estimate of drug-likeness (QED) is 0.246. The fourth-order valence-electron chi connectivity index (χ4n) is 3.42. The van der Waals surface area contributed by atoms with E-state index < -0.39 is 29.5 Å². The van der Waals surface area contributed by atoms with Gasteiger partial charge in [0.25, 0.3) is 11.4 Å². The van der Waals surface area contributed by atoms with E-state index in [1.54, 1.807) is 24.3 Å². The van der Waals surface area contributed by atoms with Gasteiger partial charge in [-0.15, -0.1) is 0 Å². The summed E-state index contributed by atoms with van der Waals surface area (Å²) in [6.45, 7) is 0. The van der Waals surface area contributed by atoms with Crippen LogP contribution in [0.15, 0.2) is 117 Å². The highest BCUT2D eigenvalue weighted by molar-refractivity contribution is 7.91. The molecule has 0 bridgehead atoms. The molecule has 0 aromatic heterocycles. The second-order valence-electron chi connectivity index (χ2n) is 7.56. The summed E-state index contributed by atoms with van der Waals surface area (Å²) in [5.41, 5.74) is 0.834. The molecule has 0 heterocycles. The highest BCUT2D eigenvalue weighted by Crippen LogP contribution is 2.29. The Hall–Kier alpha value is -4.42. The van der Waals surface area contributed by atoms with Gasteiger partial charge in [0.2, 0.25) is 19.7 Å². The zero-order valence-corrected chi connectivity index (χ0v) is 19.8. The van der Waals surface area contributed by atoms with E-state index in [1.165, 1.54) is 48.5 Å². The van der Waals surface area contributed by atoms with Crippen LogP contribution in [-0.2, 0) is 19.7 Å². The minimum atomic E-state index is -3.89. The van der Waals surface area contributed by atoms with Crippen molar-refractivity contribution in [1.29, 1.82) is 0 Å². The third kappa shape index (κ3) is 4.72. The number of nitrogens with zero attached hydrogens (tertiary/aromatic N) is 2. The van der Waals surface area contributed by atoms with Crippen molar-refractivity contribution in [2.24, 2.45) is 0 Å². The van der Waals surface area contributed by atoms with E-state index in [0.717, 1.165) is 24.3 Å². The van der Waals surface area contributed by atoms with Crippen LogP contribution in [0.2, 0.25) is 0 Å². The van der Waals surface area contributed by atoms with Crippen molar-refractivity contribution in [3.8, 4) is 11.1 Å². The molecule has 0 aliphatic carbocycles. The van der Waals surface area contributed by atoms with Gasteiger partial charge in [0, 0.05) is 24.3 Å². The lowest BCUT2D eigenvalue weighted by Crippen LogP contribution is -2.02. The van der Waals surface area contributed by atoms with Gasteiger partial charge in [-0.25, -0.2) is 16.8 Å². The van der Waals surface area contributed by atoms with Crippen molar-refractivity contribution in [3.63, 3.8) is 0 Å². The monoisotopic (exact) mass is 524 g/mol. The van der Waals surface area contributed by atoms with E-state index in [0.29, 0.717) is 11.1 Å². The predicted octanol–water partition coefficient (Wildman–Crippen LogP) is 4.84. The fraction of sp³-hybridized carbons (Fsp3) is 0. The summed E-state index contributed by atoms with van der Waals surface area (Å²) in [6, 6.07) is 21.0. The summed E-state index contributed by atoms with van der Waals surface area (Å²) in [5.74, 6) is 0. The molecule has 4 rings (SSSR count). The normalized spacial score (nSPS) is 11.7. The van der Waals surface area contributed by atoms with Gasteiger partial charge in [0.05, 0.1) is 29.4 Å². The van der Waals surface area contributed by atoms with E-state index in [1.807, 2.05) is 0 Å². The lowest BCUT2D eigenvalue weighted by atomic mass is 10.1. The molecule has 0 aliphatic rings. The van der Waals surface area contributed by atoms with E-state index >= 15 is 0 Å². The number of rotatable bonds is 7. The minimum Gasteiger partial charge on any atom is -0.258 e. The number of hydrogen-bond acceptors (Lipinski definition) is 8. The molecule has 10 nitrogen and oxygen atoms in total. The molecule has 182 valence electrons. The molecule has 0 fully saturated rings.